The third-order valence-corrected chi connectivity index (χ3v) is 3.92. The second-order valence-electron chi connectivity index (χ2n) is 5.09. The van der Waals surface area contributed by atoms with Crippen LogP contribution in [0.1, 0.15) is 0 Å². The predicted octanol–water partition coefficient (Wildman–Crippen LogP) is 3.99. The number of para-hydroxylation sites is 2. The normalized spacial score (nSPS) is 11.3. The van der Waals surface area contributed by atoms with Crippen LogP contribution >= 0.6 is 0 Å². The molecule has 0 bridgehead atoms. The molecule has 0 N–H and O–H groups in total. The Labute approximate surface area is 140 Å². The van der Waals surface area contributed by atoms with E-state index in [1.807, 2.05) is 42.6 Å². The number of rotatable bonds is 0. The third kappa shape index (κ3) is 1.65. The molecule has 4 heteroatoms. The second-order valence-corrected chi connectivity index (χ2v) is 5.09. The molecule has 0 atom stereocenters. The van der Waals surface area contributed by atoms with Crippen molar-refractivity contribution in [2.24, 2.45) is 0 Å². The van der Waals surface area contributed by atoms with E-state index >= 15 is 0 Å². The van der Waals surface area contributed by atoms with Crippen LogP contribution < -0.4 is 0 Å². The molecule has 3 aromatic heterocycles. The van der Waals surface area contributed by atoms with E-state index in [1.54, 1.807) is 0 Å². The van der Waals surface area contributed by atoms with Gasteiger partial charge in [-0.1, -0.05) is 18.2 Å². The molecule has 5 aromatic rings. The van der Waals surface area contributed by atoms with Crippen molar-refractivity contribution in [2.75, 3.05) is 0 Å². The van der Waals surface area contributed by atoms with Crippen LogP contribution in [0.3, 0.4) is 0 Å². The first-order valence-corrected chi connectivity index (χ1v) is 6.88. The van der Waals surface area contributed by atoms with Gasteiger partial charge in [-0.25, -0.2) is 4.98 Å². The maximum absolute atomic E-state index is 4.80. The van der Waals surface area contributed by atoms with Gasteiger partial charge >= 0.3 is 0 Å². The van der Waals surface area contributed by atoms with Crippen molar-refractivity contribution in [2.45, 2.75) is 0 Å². The minimum absolute atomic E-state index is 0. The zero-order chi connectivity index (χ0) is 13.8. The molecule has 3 nitrogen and oxygen atoms in total. The minimum Gasteiger partial charge on any atom is -0.335 e. The molecule has 0 saturated heterocycles. The smallest absolute Gasteiger partial charge is 0.129 e. The Morgan fingerprint density at radius 2 is 1.77 bits per heavy atom. The number of pyridine rings is 2. The number of hydrogen-bond donors (Lipinski definition) is 0. The molecular formula is C18H10IrN3-. The molecule has 0 amide bonds. The molecule has 0 spiro atoms. The van der Waals surface area contributed by atoms with Gasteiger partial charge in [0, 0.05) is 37.2 Å². The zero-order valence-electron chi connectivity index (χ0n) is 11.4. The first-order valence-electron chi connectivity index (χ1n) is 6.88. The fraction of sp³-hybridized carbons (Fsp3) is 0. The van der Waals surface area contributed by atoms with Crippen molar-refractivity contribution >= 4 is 38.5 Å². The summed E-state index contributed by atoms with van der Waals surface area (Å²) in [5, 5.41) is 2.09. The monoisotopic (exact) mass is 461 g/mol. The van der Waals surface area contributed by atoms with Crippen LogP contribution in [0.15, 0.2) is 60.8 Å². The van der Waals surface area contributed by atoms with Crippen LogP contribution in [0, 0.1) is 6.07 Å². The minimum atomic E-state index is 0. The molecule has 0 saturated carbocycles. The Bertz CT molecular complexity index is 1140. The van der Waals surface area contributed by atoms with Crippen LogP contribution in [-0.2, 0) is 20.1 Å². The van der Waals surface area contributed by atoms with E-state index in [4.69, 9.17) is 4.98 Å². The van der Waals surface area contributed by atoms with E-state index < -0.39 is 0 Å². The number of aromatic nitrogens is 3. The van der Waals surface area contributed by atoms with Crippen LogP contribution in [0.2, 0.25) is 0 Å². The van der Waals surface area contributed by atoms with Gasteiger partial charge in [-0.3, -0.25) is 0 Å². The van der Waals surface area contributed by atoms with Gasteiger partial charge in [-0.05, 0) is 23.7 Å². The Morgan fingerprint density at radius 3 is 2.73 bits per heavy atom. The van der Waals surface area contributed by atoms with E-state index in [0.717, 1.165) is 38.5 Å². The van der Waals surface area contributed by atoms with Gasteiger partial charge in [0.1, 0.15) is 5.65 Å². The van der Waals surface area contributed by atoms with Gasteiger partial charge < -0.3 is 9.38 Å². The second kappa shape index (κ2) is 4.87. The summed E-state index contributed by atoms with van der Waals surface area (Å²) in [5.74, 6) is 0. The van der Waals surface area contributed by atoms with Crippen molar-refractivity contribution in [3.8, 4) is 0 Å². The van der Waals surface area contributed by atoms with Gasteiger partial charge in [0.15, 0.2) is 0 Å². The van der Waals surface area contributed by atoms with Crippen LogP contribution in [0.5, 0.6) is 0 Å². The number of fused-ring (bicyclic) bond motifs is 8. The van der Waals surface area contributed by atoms with Gasteiger partial charge in [-0.15, -0.1) is 29.7 Å². The van der Waals surface area contributed by atoms with Crippen LogP contribution in [-0.4, -0.2) is 14.4 Å². The quantitative estimate of drug-likeness (QED) is 0.259. The van der Waals surface area contributed by atoms with E-state index in [-0.39, 0.29) is 20.1 Å². The van der Waals surface area contributed by atoms with Gasteiger partial charge in [-0.2, -0.15) is 0 Å². The van der Waals surface area contributed by atoms with Gasteiger partial charge in [0.25, 0.3) is 0 Å². The summed E-state index contributed by atoms with van der Waals surface area (Å²) in [6.45, 7) is 0. The number of benzene rings is 2. The molecule has 0 fully saturated rings. The Balaban J connectivity index is 0.00000125. The molecule has 0 aliphatic carbocycles. The van der Waals surface area contributed by atoms with Crippen LogP contribution in [0.4, 0.5) is 0 Å². The summed E-state index contributed by atoms with van der Waals surface area (Å²) in [6, 6.07) is 21.6. The van der Waals surface area contributed by atoms with Crippen molar-refractivity contribution in [3.05, 3.63) is 66.9 Å². The number of hydrogen-bond acceptors (Lipinski definition) is 2. The molecule has 0 aliphatic rings. The summed E-state index contributed by atoms with van der Waals surface area (Å²) in [6.07, 6.45) is 1.82. The molecule has 22 heavy (non-hydrogen) atoms. The Hall–Kier alpha value is -2.29. The maximum Gasteiger partial charge on any atom is 0.129 e. The number of nitrogens with zero attached hydrogens (tertiary/aromatic N) is 3. The van der Waals surface area contributed by atoms with Crippen molar-refractivity contribution in [3.63, 3.8) is 0 Å². The molecule has 107 valence electrons. The molecule has 1 radical (unpaired) electrons. The van der Waals surface area contributed by atoms with Crippen LogP contribution in [0.25, 0.3) is 38.5 Å². The first-order chi connectivity index (χ1) is 10.4. The van der Waals surface area contributed by atoms with Crippen molar-refractivity contribution in [1.29, 1.82) is 0 Å². The standard InChI is InChI=1S/C18H10N3.Ir/c1-3-9-15-12(6-1)17-13(7-5-11-19-17)18-20-14-8-2-4-10-16(14)21(15)18;/h1-5,7-11H;/q-1;. The van der Waals surface area contributed by atoms with Crippen molar-refractivity contribution in [1.82, 2.24) is 14.4 Å². The SMILES string of the molecule is [Ir].[c-]1cccc2c1c1ncccc1c1nc3ccccc3n21. The van der Waals surface area contributed by atoms with E-state index in [2.05, 4.69) is 33.7 Å². The topological polar surface area (TPSA) is 30.2 Å². The first kappa shape index (κ1) is 13.4. The largest absolute Gasteiger partial charge is 0.335 e. The fourth-order valence-corrected chi connectivity index (χ4v) is 3.04. The van der Waals surface area contributed by atoms with Crippen molar-refractivity contribution < 1.29 is 20.1 Å². The zero-order valence-corrected chi connectivity index (χ0v) is 13.8. The summed E-state index contributed by atoms with van der Waals surface area (Å²) < 4.78 is 2.20. The molecule has 0 aliphatic heterocycles. The van der Waals surface area contributed by atoms with Gasteiger partial charge in [0.05, 0.1) is 11.0 Å². The summed E-state index contributed by atoms with van der Waals surface area (Å²) in [7, 11) is 0. The summed E-state index contributed by atoms with van der Waals surface area (Å²) in [5.41, 5.74) is 5.11. The van der Waals surface area contributed by atoms with E-state index in [1.165, 1.54) is 0 Å². The molecule has 2 aromatic carbocycles. The molecule has 3 heterocycles. The molecule has 0 unspecified atom stereocenters. The predicted molar refractivity (Wildman–Crippen MR) is 84.3 cm³/mol. The molecule has 5 rings (SSSR count). The molecular weight excluding hydrogens is 450 g/mol. The Morgan fingerprint density at radius 1 is 0.909 bits per heavy atom. The fourth-order valence-electron chi connectivity index (χ4n) is 3.04. The van der Waals surface area contributed by atoms with E-state index in [9.17, 15) is 0 Å². The number of imidazole rings is 1. The summed E-state index contributed by atoms with van der Waals surface area (Å²) >= 11 is 0. The third-order valence-electron chi connectivity index (χ3n) is 3.92. The maximum atomic E-state index is 4.80. The summed E-state index contributed by atoms with van der Waals surface area (Å²) in [4.78, 5) is 9.35. The average molecular weight is 461 g/mol. The van der Waals surface area contributed by atoms with Gasteiger partial charge in [0.2, 0.25) is 0 Å². The van der Waals surface area contributed by atoms with E-state index in [0.29, 0.717) is 0 Å². The Kier molecular flexibility index (Phi) is 2.96. The average Bonchev–Trinajstić information content (AvgIpc) is 2.95.